The van der Waals surface area contributed by atoms with Crippen LogP contribution in [0.2, 0.25) is 0 Å². The Balaban J connectivity index is 2.04. The second-order valence-corrected chi connectivity index (χ2v) is 7.69. The first-order valence-corrected chi connectivity index (χ1v) is 9.33. The van der Waals surface area contributed by atoms with Gasteiger partial charge in [-0.25, -0.2) is 4.98 Å². The molecule has 1 aromatic heterocycles. The molecular weight excluding hydrogens is 348 g/mol. The van der Waals surface area contributed by atoms with E-state index in [1.54, 1.807) is 31.6 Å². The molecule has 0 aliphatic heterocycles. The SMILES string of the molecule is COc1ccc(Cn2c(SCC(C)(C)O)nc3ccccc3c2=O)cc1. The molecule has 0 atom stereocenters. The van der Waals surface area contributed by atoms with Crippen LogP contribution in [0.1, 0.15) is 19.4 Å². The Bertz CT molecular complexity index is 959. The van der Waals surface area contributed by atoms with Crippen molar-refractivity contribution < 1.29 is 9.84 Å². The summed E-state index contributed by atoms with van der Waals surface area (Å²) in [5.41, 5.74) is 0.723. The molecule has 3 rings (SSSR count). The molecule has 0 saturated heterocycles. The molecule has 6 heteroatoms. The lowest BCUT2D eigenvalue weighted by Crippen LogP contribution is -2.26. The molecule has 1 N–H and O–H groups in total. The summed E-state index contributed by atoms with van der Waals surface area (Å²) in [4.78, 5) is 17.7. The number of benzene rings is 2. The van der Waals surface area contributed by atoms with Crippen molar-refractivity contribution in [2.75, 3.05) is 12.9 Å². The Kier molecular flexibility index (Phi) is 5.34. The van der Waals surface area contributed by atoms with Gasteiger partial charge in [0.2, 0.25) is 0 Å². The fourth-order valence-corrected chi connectivity index (χ4v) is 3.50. The van der Waals surface area contributed by atoms with Crippen molar-refractivity contribution in [1.82, 2.24) is 9.55 Å². The zero-order valence-electron chi connectivity index (χ0n) is 15.1. The molecule has 0 radical (unpaired) electrons. The summed E-state index contributed by atoms with van der Waals surface area (Å²) in [6.45, 7) is 3.90. The van der Waals surface area contributed by atoms with Crippen LogP contribution in [-0.4, -0.2) is 33.1 Å². The third kappa shape index (κ3) is 4.26. The number of rotatable bonds is 6. The van der Waals surface area contributed by atoms with Gasteiger partial charge in [-0.3, -0.25) is 9.36 Å². The normalized spacial score (nSPS) is 11.7. The number of hydrogen-bond acceptors (Lipinski definition) is 5. The van der Waals surface area contributed by atoms with Gasteiger partial charge >= 0.3 is 0 Å². The number of thioether (sulfide) groups is 1. The molecule has 2 aromatic carbocycles. The lowest BCUT2D eigenvalue weighted by molar-refractivity contribution is 0.107. The van der Waals surface area contributed by atoms with Crippen molar-refractivity contribution in [1.29, 1.82) is 0 Å². The van der Waals surface area contributed by atoms with Gasteiger partial charge in [0, 0.05) is 5.75 Å². The number of aromatic nitrogens is 2. The highest BCUT2D eigenvalue weighted by Crippen LogP contribution is 2.23. The molecule has 0 fully saturated rings. The fraction of sp³-hybridized carbons (Fsp3) is 0.300. The quantitative estimate of drug-likeness (QED) is 0.533. The highest BCUT2D eigenvalue weighted by Gasteiger charge is 2.17. The average Bonchev–Trinajstić information content (AvgIpc) is 2.62. The summed E-state index contributed by atoms with van der Waals surface area (Å²) < 4.78 is 6.85. The summed E-state index contributed by atoms with van der Waals surface area (Å²) in [5.74, 6) is 1.22. The molecular formula is C20H22N2O3S. The number of aliphatic hydroxyl groups is 1. The van der Waals surface area contributed by atoms with Crippen molar-refractivity contribution in [2.45, 2.75) is 31.1 Å². The molecule has 0 saturated carbocycles. The molecule has 0 aliphatic carbocycles. The smallest absolute Gasteiger partial charge is 0.262 e. The first-order chi connectivity index (χ1) is 12.4. The van der Waals surface area contributed by atoms with E-state index < -0.39 is 5.60 Å². The second kappa shape index (κ2) is 7.51. The first kappa shape index (κ1) is 18.5. The first-order valence-electron chi connectivity index (χ1n) is 8.35. The third-order valence-corrected chi connectivity index (χ3v) is 5.30. The van der Waals surface area contributed by atoms with Crippen LogP contribution in [0, 0.1) is 0 Å². The number of methoxy groups -OCH3 is 1. The lowest BCUT2D eigenvalue weighted by atomic mass is 10.2. The van der Waals surface area contributed by atoms with Crippen LogP contribution in [0.25, 0.3) is 10.9 Å². The van der Waals surface area contributed by atoms with Crippen LogP contribution in [0.5, 0.6) is 5.75 Å². The number of hydrogen-bond donors (Lipinski definition) is 1. The van der Waals surface area contributed by atoms with Gasteiger partial charge in [-0.2, -0.15) is 0 Å². The van der Waals surface area contributed by atoms with Gasteiger partial charge in [-0.15, -0.1) is 0 Å². The fourth-order valence-electron chi connectivity index (χ4n) is 2.55. The standard InChI is InChI=1S/C20H22N2O3S/c1-20(2,24)13-26-19-21-17-7-5-4-6-16(17)18(23)22(19)12-14-8-10-15(25-3)11-9-14/h4-11,24H,12-13H2,1-3H3. The molecule has 0 amide bonds. The van der Waals surface area contributed by atoms with Crippen molar-refractivity contribution in [3.05, 3.63) is 64.4 Å². The number of ether oxygens (including phenoxy) is 1. The average molecular weight is 370 g/mol. The molecule has 26 heavy (non-hydrogen) atoms. The molecule has 3 aromatic rings. The second-order valence-electron chi connectivity index (χ2n) is 6.75. The zero-order valence-corrected chi connectivity index (χ0v) is 15.9. The topological polar surface area (TPSA) is 64.3 Å². The van der Waals surface area contributed by atoms with Gasteiger partial charge in [0.05, 0.1) is 30.2 Å². The Morgan fingerprint density at radius 2 is 1.85 bits per heavy atom. The monoisotopic (exact) mass is 370 g/mol. The Hall–Kier alpha value is -2.31. The maximum atomic E-state index is 13.0. The van der Waals surface area contributed by atoms with Crippen LogP contribution in [-0.2, 0) is 6.54 Å². The Labute approximate surface area is 156 Å². The van der Waals surface area contributed by atoms with Gasteiger partial charge in [-0.05, 0) is 43.7 Å². The van der Waals surface area contributed by atoms with E-state index in [1.807, 2.05) is 42.5 Å². The largest absolute Gasteiger partial charge is 0.497 e. The van der Waals surface area contributed by atoms with E-state index >= 15 is 0 Å². The Morgan fingerprint density at radius 1 is 1.15 bits per heavy atom. The molecule has 0 unspecified atom stereocenters. The van der Waals surface area contributed by atoms with Gasteiger partial charge in [0.25, 0.3) is 5.56 Å². The van der Waals surface area contributed by atoms with E-state index in [2.05, 4.69) is 4.98 Å². The van der Waals surface area contributed by atoms with Crippen LogP contribution >= 0.6 is 11.8 Å². The summed E-state index contributed by atoms with van der Waals surface area (Å²) in [7, 11) is 1.62. The molecule has 1 heterocycles. The van der Waals surface area contributed by atoms with Crippen LogP contribution in [0.15, 0.2) is 58.5 Å². The van der Waals surface area contributed by atoms with Crippen LogP contribution in [0.4, 0.5) is 0 Å². The minimum Gasteiger partial charge on any atom is -0.497 e. The third-order valence-electron chi connectivity index (χ3n) is 3.88. The zero-order chi connectivity index (χ0) is 18.7. The minimum atomic E-state index is -0.848. The predicted molar refractivity (Wildman–Crippen MR) is 105 cm³/mol. The van der Waals surface area contributed by atoms with Gasteiger partial charge < -0.3 is 9.84 Å². The lowest BCUT2D eigenvalue weighted by Gasteiger charge is -2.18. The summed E-state index contributed by atoms with van der Waals surface area (Å²) >= 11 is 1.39. The summed E-state index contributed by atoms with van der Waals surface area (Å²) in [6.07, 6.45) is 0. The number of nitrogens with zero attached hydrogens (tertiary/aromatic N) is 2. The van der Waals surface area contributed by atoms with Crippen molar-refractivity contribution >= 4 is 22.7 Å². The van der Waals surface area contributed by atoms with Gasteiger partial charge in [-0.1, -0.05) is 36.0 Å². The molecule has 0 aliphatic rings. The van der Waals surface area contributed by atoms with E-state index in [-0.39, 0.29) is 5.56 Å². The highest BCUT2D eigenvalue weighted by atomic mass is 32.2. The van der Waals surface area contributed by atoms with Crippen LogP contribution in [0.3, 0.4) is 0 Å². The van der Waals surface area contributed by atoms with Crippen molar-refractivity contribution in [2.24, 2.45) is 0 Å². The minimum absolute atomic E-state index is 0.0790. The molecule has 0 spiro atoms. The van der Waals surface area contributed by atoms with E-state index in [0.29, 0.717) is 28.4 Å². The Morgan fingerprint density at radius 3 is 2.50 bits per heavy atom. The van der Waals surface area contributed by atoms with Crippen LogP contribution < -0.4 is 10.3 Å². The van der Waals surface area contributed by atoms with Crippen molar-refractivity contribution in [3.8, 4) is 5.75 Å². The number of fused-ring (bicyclic) bond motifs is 1. The maximum Gasteiger partial charge on any atom is 0.262 e. The molecule has 0 bridgehead atoms. The van der Waals surface area contributed by atoms with E-state index in [4.69, 9.17) is 4.74 Å². The molecule has 136 valence electrons. The maximum absolute atomic E-state index is 13.0. The van der Waals surface area contributed by atoms with E-state index in [0.717, 1.165) is 11.3 Å². The van der Waals surface area contributed by atoms with Crippen molar-refractivity contribution in [3.63, 3.8) is 0 Å². The summed E-state index contributed by atoms with van der Waals surface area (Å²) in [6, 6.07) is 15.0. The summed E-state index contributed by atoms with van der Waals surface area (Å²) in [5, 5.41) is 11.2. The number of para-hydroxylation sites is 1. The van der Waals surface area contributed by atoms with E-state index in [1.165, 1.54) is 11.8 Å². The van der Waals surface area contributed by atoms with E-state index in [9.17, 15) is 9.90 Å². The molecule has 5 nitrogen and oxygen atoms in total. The van der Waals surface area contributed by atoms with Gasteiger partial charge in [0.1, 0.15) is 5.75 Å². The predicted octanol–water partition coefficient (Wildman–Crippen LogP) is 3.32. The highest BCUT2D eigenvalue weighted by molar-refractivity contribution is 7.99. The van der Waals surface area contributed by atoms with Gasteiger partial charge in [0.15, 0.2) is 5.16 Å².